The zero-order chi connectivity index (χ0) is 29.3. The quantitative estimate of drug-likeness (QED) is 0.270. The van der Waals surface area contributed by atoms with Gasteiger partial charge in [0.1, 0.15) is 6.61 Å². The van der Waals surface area contributed by atoms with Gasteiger partial charge in [0.25, 0.3) is 5.69 Å². The highest BCUT2D eigenvalue weighted by molar-refractivity contribution is 9.10. The minimum absolute atomic E-state index is 0.0114. The second-order valence-corrected chi connectivity index (χ2v) is 11.1. The van der Waals surface area contributed by atoms with Crippen LogP contribution in [0.25, 0.3) is 0 Å². The van der Waals surface area contributed by atoms with Crippen molar-refractivity contribution < 1.29 is 33.9 Å². The van der Waals surface area contributed by atoms with E-state index in [0.29, 0.717) is 71.2 Å². The Labute approximate surface area is 244 Å². The molecule has 0 atom stereocenters. The number of benzene rings is 2. The molecule has 10 nitrogen and oxygen atoms in total. The van der Waals surface area contributed by atoms with E-state index in [1.807, 2.05) is 11.0 Å². The first-order valence-corrected chi connectivity index (χ1v) is 14.2. The van der Waals surface area contributed by atoms with Gasteiger partial charge in [0.15, 0.2) is 23.1 Å². The summed E-state index contributed by atoms with van der Waals surface area (Å²) in [5, 5.41) is 20.3. The van der Waals surface area contributed by atoms with Crippen LogP contribution in [0.1, 0.15) is 62.0 Å². The van der Waals surface area contributed by atoms with Gasteiger partial charge in [-0.15, -0.1) is 0 Å². The second-order valence-electron chi connectivity index (χ2n) is 10.2. The molecule has 2 aliphatic carbocycles. The van der Waals surface area contributed by atoms with Crippen molar-refractivity contribution in [2.24, 2.45) is 0 Å². The van der Waals surface area contributed by atoms with Crippen LogP contribution in [-0.2, 0) is 21.0 Å². The van der Waals surface area contributed by atoms with Crippen molar-refractivity contribution >= 4 is 39.2 Å². The number of methoxy groups -OCH3 is 1. The molecule has 3 aliphatic rings. The average molecular weight is 625 g/mol. The molecule has 1 aliphatic heterocycles. The third-order valence-electron chi connectivity index (χ3n) is 7.75. The predicted molar refractivity (Wildman–Crippen MR) is 152 cm³/mol. The molecule has 0 unspecified atom stereocenters. The molecule has 2 aromatic carbocycles. The molecule has 1 N–H and O–H groups in total. The van der Waals surface area contributed by atoms with E-state index in [2.05, 4.69) is 15.9 Å². The first-order valence-electron chi connectivity index (χ1n) is 13.4. The Morgan fingerprint density at radius 1 is 1.05 bits per heavy atom. The molecular formula is C30H29BrN2O8. The van der Waals surface area contributed by atoms with E-state index < -0.39 is 16.8 Å². The maximum Gasteiger partial charge on any atom is 0.305 e. The van der Waals surface area contributed by atoms with Gasteiger partial charge in [-0.25, -0.2) is 0 Å². The minimum atomic E-state index is -0.932. The molecule has 0 radical (unpaired) electrons. The standard InChI is InChI=1S/C30H29BrN2O8/c1-40-25-15-18(14-20(31)30(25)41-16-17-8-10-19(11-9-17)33(38)39)27-28-21(4-2-6-23(28)34)32(13-12-26(36)37)22-5-3-7-24(35)29(22)27/h8-11,14-15,27H,2-7,12-13,16H2,1H3,(H,36,37). The van der Waals surface area contributed by atoms with Gasteiger partial charge in [0.05, 0.1) is 22.9 Å². The number of hydrogen-bond donors (Lipinski definition) is 1. The number of nitro benzene ring substituents is 1. The van der Waals surface area contributed by atoms with Gasteiger partial charge in [-0.3, -0.25) is 24.5 Å². The molecule has 0 fully saturated rings. The number of halogens is 1. The van der Waals surface area contributed by atoms with Crippen LogP contribution in [-0.4, -0.2) is 46.1 Å². The summed E-state index contributed by atoms with van der Waals surface area (Å²) in [5.41, 5.74) is 4.17. The summed E-state index contributed by atoms with van der Waals surface area (Å²) in [7, 11) is 1.51. The molecule has 214 valence electrons. The summed E-state index contributed by atoms with van der Waals surface area (Å²) in [5.74, 6) is -0.762. The second kappa shape index (κ2) is 11.9. The minimum Gasteiger partial charge on any atom is -0.493 e. The number of ketones is 2. The van der Waals surface area contributed by atoms with Gasteiger partial charge < -0.3 is 19.5 Å². The largest absolute Gasteiger partial charge is 0.493 e. The molecule has 5 rings (SSSR count). The molecule has 0 spiro atoms. The number of allylic oxidation sites excluding steroid dienone is 4. The van der Waals surface area contributed by atoms with Crippen LogP contribution >= 0.6 is 15.9 Å². The van der Waals surface area contributed by atoms with Crippen LogP contribution < -0.4 is 9.47 Å². The van der Waals surface area contributed by atoms with E-state index in [1.165, 1.54) is 19.2 Å². The lowest BCUT2D eigenvalue weighted by Crippen LogP contribution is -2.39. The van der Waals surface area contributed by atoms with Crippen LogP contribution in [0.5, 0.6) is 11.5 Å². The first-order chi connectivity index (χ1) is 19.7. The Kier molecular flexibility index (Phi) is 8.25. The Morgan fingerprint density at radius 3 is 2.20 bits per heavy atom. The van der Waals surface area contributed by atoms with E-state index in [1.54, 1.807) is 18.2 Å². The molecular weight excluding hydrogens is 596 g/mol. The molecule has 1 heterocycles. The molecule has 0 aromatic heterocycles. The van der Waals surface area contributed by atoms with Crippen molar-refractivity contribution in [1.29, 1.82) is 0 Å². The highest BCUT2D eigenvalue weighted by Crippen LogP contribution is 2.51. The number of aliphatic carboxylic acids is 1. The number of rotatable bonds is 9. The maximum atomic E-state index is 13.5. The third kappa shape index (κ3) is 5.63. The molecule has 2 aromatic rings. The van der Waals surface area contributed by atoms with Gasteiger partial charge in [-0.2, -0.15) is 0 Å². The summed E-state index contributed by atoms with van der Waals surface area (Å²) in [4.78, 5) is 50.8. The summed E-state index contributed by atoms with van der Waals surface area (Å²) in [6, 6.07) is 9.69. The lowest BCUT2D eigenvalue weighted by molar-refractivity contribution is -0.384. The number of carboxylic acids is 1. The van der Waals surface area contributed by atoms with E-state index in [-0.39, 0.29) is 36.8 Å². The zero-order valence-electron chi connectivity index (χ0n) is 22.5. The van der Waals surface area contributed by atoms with E-state index in [0.717, 1.165) is 17.0 Å². The number of hydrogen-bond acceptors (Lipinski definition) is 8. The Balaban J connectivity index is 1.55. The van der Waals surface area contributed by atoms with E-state index >= 15 is 0 Å². The number of non-ortho nitro benzene ring substituents is 1. The van der Waals surface area contributed by atoms with Gasteiger partial charge in [-0.1, -0.05) is 0 Å². The lowest BCUT2D eigenvalue weighted by Gasteiger charge is -2.44. The molecule has 0 saturated heterocycles. The molecule has 0 bridgehead atoms. The number of nitrogens with zero attached hydrogens (tertiary/aromatic N) is 2. The highest BCUT2D eigenvalue weighted by atomic mass is 79.9. The fourth-order valence-corrected chi connectivity index (χ4v) is 6.52. The number of carbonyl (C=O) groups is 3. The van der Waals surface area contributed by atoms with Gasteiger partial charge in [0, 0.05) is 60.0 Å². The number of ether oxygens (including phenoxy) is 2. The number of carboxylic acid groups (broad SMARTS) is 1. The Morgan fingerprint density at radius 2 is 1.66 bits per heavy atom. The fraction of sp³-hybridized carbons (Fsp3) is 0.367. The van der Waals surface area contributed by atoms with Crippen LogP contribution in [0.15, 0.2) is 63.4 Å². The van der Waals surface area contributed by atoms with Crippen LogP contribution in [0.2, 0.25) is 0 Å². The Bertz CT molecular complexity index is 1450. The normalized spacial score (nSPS) is 17.4. The van der Waals surface area contributed by atoms with Crippen molar-refractivity contribution in [2.75, 3.05) is 13.7 Å². The predicted octanol–water partition coefficient (Wildman–Crippen LogP) is 5.83. The maximum absolute atomic E-state index is 13.5. The topological polar surface area (TPSA) is 136 Å². The monoisotopic (exact) mass is 624 g/mol. The van der Waals surface area contributed by atoms with Crippen molar-refractivity contribution in [3.8, 4) is 11.5 Å². The average Bonchev–Trinajstić information content (AvgIpc) is 2.95. The third-order valence-corrected chi connectivity index (χ3v) is 8.34. The van der Waals surface area contributed by atoms with Gasteiger partial charge in [-0.05, 0) is 77.0 Å². The van der Waals surface area contributed by atoms with Crippen LogP contribution in [0.3, 0.4) is 0 Å². The number of Topliss-reactive ketones (excluding diaryl/α,β-unsaturated/α-hetero) is 2. The zero-order valence-corrected chi connectivity index (χ0v) is 24.1. The van der Waals surface area contributed by atoms with Gasteiger partial charge >= 0.3 is 5.97 Å². The van der Waals surface area contributed by atoms with Crippen molar-refractivity contribution in [2.45, 2.75) is 57.5 Å². The first kappa shape index (κ1) is 28.5. The van der Waals surface area contributed by atoms with Gasteiger partial charge in [0.2, 0.25) is 0 Å². The SMILES string of the molecule is COc1cc(C2C3=C(CCCC3=O)N(CCC(=O)O)C3=C2C(=O)CCC3)cc(Br)c1OCc1ccc([N+](=O)[O-])cc1. The van der Waals surface area contributed by atoms with Crippen molar-refractivity contribution in [3.63, 3.8) is 0 Å². The van der Waals surface area contributed by atoms with E-state index in [4.69, 9.17) is 9.47 Å². The fourth-order valence-electron chi connectivity index (χ4n) is 5.94. The lowest BCUT2D eigenvalue weighted by atomic mass is 9.71. The smallest absolute Gasteiger partial charge is 0.305 e. The molecule has 0 saturated carbocycles. The highest BCUT2D eigenvalue weighted by Gasteiger charge is 2.43. The summed E-state index contributed by atoms with van der Waals surface area (Å²) < 4.78 is 12.3. The van der Waals surface area contributed by atoms with Crippen molar-refractivity contribution in [1.82, 2.24) is 4.90 Å². The summed E-state index contributed by atoms with van der Waals surface area (Å²) in [6.45, 7) is 0.346. The molecule has 11 heteroatoms. The molecule has 41 heavy (non-hydrogen) atoms. The summed E-state index contributed by atoms with van der Waals surface area (Å²) in [6.07, 6.45) is 3.26. The molecule has 0 amide bonds. The summed E-state index contributed by atoms with van der Waals surface area (Å²) >= 11 is 3.60. The van der Waals surface area contributed by atoms with Crippen LogP contribution in [0, 0.1) is 10.1 Å². The van der Waals surface area contributed by atoms with Crippen molar-refractivity contribution in [3.05, 3.63) is 84.7 Å². The van der Waals surface area contributed by atoms with E-state index in [9.17, 15) is 29.6 Å². The number of nitro groups is 1. The Hall–Kier alpha value is -3.99. The number of carbonyl (C=O) groups excluding carboxylic acids is 2. The van der Waals surface area contributed by atoms with Crippen LogP contribution in [0.4, 0.5) is 5.69 Å².